The number of benzene rings is 1. The molecule has 3 aliphatic rings. The average Bonchev–Trinajstić information content (AvgIpc) is 3.17. The number of aromatic nitrogens is 3. The van der Waals surface area contributed by atoms with Gasteiger partial charge in [0, 0.05) is 32.5 Å². The van der Waals surface area contributed by atoms with Crippen LogP contribution in [0.25, 0.3) is 0 Å². The maximum atomic E-state index is 13.4. The van der Waals surface area contributed by atoms with Gasteiger partial charge < -0.3 is 15.3 Å². The van der Waals surface area contributed by atoms with Gasteiger partial charge in [0.05, 0.1) is 5.56 Å². The molecule has 10 heteroatoms. The summed E-state index contributed by atoms with van der Waals surface area (Å²) in [5.41, 5.74) is -0.954. The van der Waals surface area contributed by atoms with Gasteiger partial charge >= 0.3 is 0 Å². The van der Waals surface area contributed by atoms with Crippen LogP contribution in [-0.2, 0) is 18.6 Å². The molecule has 1 fully saturated rings. The Hall–Kier alpha value is -4.08. The minimum atomic E-state index is -0.918. The molecular formula is C26H26FN5O4. The Labute approximate surface area is 206 Å². The number of amides is 2. The molecule has 2 amide bonds. The zero-order valence-electron chi connectivity index (χ0n) is 19.8. The van der Waals surface area contributed by atoms with Gasteiger partial charge in [-0.25, -0.2) is 9.37 Å². The summed E-state index contributed by atoms with van der Waals surface area (Å²) >= 11 is 0. The minimum Gasteiger partial charge on any atom is -0.501 e. The van der Waals surface area contributed by atoms with Crippen molar-refractivity contribution in [1.29, 1.82) is 0 Å². The van der Waals surface area contributed by atoms with Gasteiger partial charge in [-0.15, -0.1) is 0 Å². The van der Waals surface area contributed by atoms with Crippen LogP contribution >= 0.6 is 0 Å². The van der Waals surface area contributed by atoms with E-state index < -0.39 is 28.6 Å². The first kappa shape index (κ1) is 23.7. The van der Waals surface area contributed by atoms with Gasteiger partial charge in [0.2, 0.25) is 5.75 Å². The maximum absolute atomic E-state index is 13.4. The Balaban J connectivity index is 1.54. The number of aromatic hydroxyl groups is 1. The van der Waals surface area contributed by atoms with E-state index in [1.165, 1.54) is 35.0 Å². The van der Waals surface area contributed by atoms with Crippen LogP contribution in [-0.4, -0.2) is 43.4 Å². The highest BCUT2D eigenvalue weighted by Gasteiger charge is 2.49. The fourth-order valence-corrected chi connectivity index (χ4v) is 5.28. The standard InChI is InChI=1S/C26H26FN5O4/c1-31(23(35)18-3-2-12-28-14-18)26-10-8-17(9-11-26)15-32-24(36)21(33)20(30-25(26)32)22(34)29-13-16-4-6-19(27)7-5-16/h2-7,12,14,17,33H,8-11,13,15H2,1H3,(H,29,34). The molecule has 0 radical (unpaired) electrons. The van der Waals surface area contributed by atoms with E-state index in [-0.39, 0.29) is 24.1 Å². The molecule has 36 heavy (non-hydrogen) atoms. The fourth-order valence-electron chi connectivity index (χ4n) is 5.28. The quantitative estimate of drug-likeness (QED) is 0.567. The normalized spacial score (nSPS) is 20.3. The van der Waals surface area contributed by atoms with Crippen LogP contribution < -0.4 is 10.9 Å². The molecule has 0 unspecified atom stereocenters. The summed E-state index contributed by atoms with van der Waals surface area (Å²) in [4.78, 5) is 49.9. The summed E-state index contributed by atoms with van der Waals surface area (Å²) in [5.74, 6) is -1.61. The summed E-state index contributed by atoms with van der Waals surface area (Å²) in [6.45, 7) is 0.425. The highest BCUT2D eigenvalue weighted by atomic mass is 19.1. The molecule has 1 saturated carbocycles. The van der Waals surface area contributed by atoms with Crippen LogP contribution in [0.1, 0.15) is 57.9 Å². The second kappa shape index (κ2) is 9.18. The second-order valence-corrected chi connectivity index (χ2v) is 9.44. The first-order chi connectivity index (χ1) is 17.3. The number of rotatable bonds is 5. The molecule has 0 spiro atoms. The van der Waals surface area contributed by atoms with Gasteiger partial charge in [0.25, 0.3) is 17.4 Å². The van der Waals surface area contributed by atoms with Crippen LogP contribution in [0.15, 0.2) is 53.6 Å². The fraction of sp³-hybridized carbons (Fsp3) is 0.346. The van der Waals surface area contributed by atoms with E-state index >= 15 is 0 Å². The molecule has 1 aliphatic carbocycles. The number of pyridine rings is 1. The van der Waals surface area contributed by atoms with Gasteiger partial charge in [-0.2, -0.15) is 0 Å². The van der Waals surface area contributed by atoms with Crippen molar-refractivity contribution in [2.24, 2.45) is 5.92 Å². The predicted octanol–water partition coefficient (Wildman–Crippen LogP) is 2.58. The van der Waals surface area contributed by atoms with E-state index in [4.69, 9.17) is 0 Å². The van der Waals surface area contributed by atoms with Crippen molar-refractivity contribution in [2.75, 3.05) is 7.05 Å². The third-order valence-corrected chi connectivity index (χ3v) is 7.37. The molecule has 3 aromatic rings. The molecule has 186 valence electrons. The lowest BCUT2D eigenvalue weighted by Crippen LogP contribution is -2.50. The van der Waals surface area contributed by atoms with Crippen LogP contribution in [0.5, 0.6) is 5.75 Å². The van der Waals surface area contributed by atoms with Gasteiger partial charge in [-0.1, -0.05) is 12.1 Å². The Kier molecular flexibility index (Phi) is 6.03. The Bertz CT molecular complexity index is 1370. The van der Waals surface area contributed by atoms with Crippen molar-refractivity contribution in [3.05, 3.63) is 87.6 Å². The van der Waals surface area contributed by atoms with Gasteiger partial charge in [-0.3, -0.25) is 23.9 Å². The summed E-state index contributed by atoms with van der Waals surface area (Å²) in [5, 5.41) is 13.3. The number of hydrogen-bond acceptors (Lipinski definition) is 6. The second-order valence-electron chi connectivity index (χ2n) is 9.44. The van der Waals surface area contributed by atoms with Crippen molar-refractivity contribution in [3.8, 4) is 5.75 Å². The van der Waals surface area contributed by atoms with Crippen LogP contribution in [0.4, 0.5) is 4.39 Å². The number of nitrogens with zero attached hydrogens (tertiary/aromatic N) is 4. The van der Waals surface area contributed by atoms with E-state index in [1.807, 2.05) is 0 Å². The van der Waals surface area contributed by atoms with Gasteiger partial charge in [0.15, 0.2) is 5.69 Å². The molecular weight excluding hydrogens is 465 g/mol. The van der Waals surface area contributed by atoms with Gasteiger partial charge in [0.1, 0.15) is 17.2 Å². The predicted molar refractivity (Wildman–Crippen MR) is 128 cm³/mol. The van der Waals surface area contributed by atoms with Crippen molar-refractivity contribution in [3.63, 3.8) is 0 Å². The molecule has 2 aliphatic heterocycles. The van der Waals surface area contributed by atoms with Crippen LogP contribution in [0, 0.1) is 11.7 Å². The maximum Gasteiger partial charge on any atom is 0.296 e. The lowest BCUT2D eigenvalue weighted by molar-refractivity contribution is 0.0372. The zero-order chi connectivity index (χ0) is 25.4. The molecule has 9 nitrogen and oxygen atoms in total. The summed E-state index contributed by atoms with van der Waals surface area (Å²) < 4.78 is 14.6. The minimum absolute atomic E-state index is 0.0608. The number of carbonyl (C=O) groups excluding carboxylic acids is 2. The highest BCUT2D eigenvalue weighted by Crippen LogP contribution is 2.46. The number of carbonyl (C=O) groups is 2. The summed E-state index contributed by atoms with van der Waals surface area (Å²) in [7, 11) is 1.68. The van der Waals surface area contributed by atoms with E-state index in [9.17, 15) is 23.9 Å². The van der Waals surface area contributed by atoms with E-state index in [1.54, 1.807) is 30.3 Å². The number of fused-ring (bicyclic) bond motifs is 2. The first-order valence-corrected chi connectivity index (χ1v) is 11.9. The first-order valence-electron chi connectivity index (χ1n) is 11.9. The molecule has 4 heterocycles. The lowest BCUT2D eigenvalue weighted by Gasteiger charge is -2.43. The van der Waals surface area contributed by atoms with E-state index in [0.29, 0.717) is 36.3 Å². The molecule has 1 aromatic carbocycles. The molecule has 6 rings (SSSR count). The van der Waals surface area contributed by atoms with Crippen molar-refractivity contribution < 1.29 is 19.1 Å². The van der Waals surface area contributed by atoms with Crippen molar-refractivity contribution >= 4 is 11.8 Å². The molecule has 2 bridgehead atoms. The average molecular weight is 492 g/mol. The number of nitrogens with one attached hydrogen (secondary N) is 1. The lowest BCUT2D eigenvalue weighted by atomic mass is 9.76. The summed E-state index contributed by atoms with van der Waals surface area (Å²) in [6.07, 6.45) is 5.79. The SMILES string of the molecule is CN(C(=O)c1cccnc1)C12CCC(CC1)Cn1c2nc(C(=O)NCc2ccc(F)cc2)c(O)c1=O. The Morgan fingerprint density at radius 1 is 1.22 bits per heavy atom. The molecule has 2 N–H and O–H groups in total. The van der Waals surface area contributed by atoms with E-state index in [2.05, 4.69) is 15.3 Å². The summed E-state index contributed by atoms with van der Waals surface area (Å²) in [6, 6.07) is 8.98. The van der Waals surface area contributed by atoms with E-state index in [0.717, 1.165) is 12.8 Å². The monoisotopic (exact) mass is 491 g/mol. The van der Waals surface area contributed by atoms with Crippen LogP contribution in [0.3, 0.4) is 0 Å². The molecule has 0 saturated heterocycles. The topological polar surface area (TPSA) is 117 Å². The van der Waals surface area contributed by atoms with Gasteiger partial charge in [-0.05, 0) is 61.4 Å². The molecule has 0 atom stereocenters. The third-order valence-electron chi connectivity index (χ3n) is 7.37. The van der Waals surface area contributed by atoms with Crippen LogP contribution in [0.2, 0.25) is 0 Å². The highest BCUT2D eigenvalue weighted by molar-refractivity contribution is 5.95. The molecule has 2 aromatic heterocycles. The Morgan fingerprint density at radius 3 is 2.61 bits per heavy atom. The van der Waals surface area contributed by atoms with Crippen molar-refractivity contribution in [2.45, 2.75) is 44.3 Å². The van der Waals surface area contributed by atoms with Crippen molar-refractivity contribution in [1.82, 2.24) is 24.8 Å². The zero-order valence-corrected chi connectivity index (χ0v) is 19.8. The largest absolute Gasteiger partial charge is 0.501 e. The smallest absolute Gasteiger partial charge is 0.296 e. The number of halogens is 1. The third kappa shape index (κ3) is 4.02. The number of hydrogen-bond donors (Lipinski definition) is 2. The Morgan fingerprint density at radius 2 is 1.94 bits per heavy atom.